The second-order valence-electron chi connectivity index (χ2n) is 19.9. The summed E-state index contributed by atoms with van der Waals surface area (Å²) in [6.45, 7) is 31.5. The molecule has 5 aromatic rings. The second-order valence-corrected chi connectivity index (χ2v) is 22.0. The number of rotatable bonds is 33. The Morgan fingerprint density at radius 1 is 0.675 bits per heavy atom. The summed E-state index contributed by atoms with van der Waals surface area (Å²) in [5.41, 5.74) is 0.161. The molecule has 17 nitrogen and oxygen atoms in total. The van der Waals surface area contributed by atoms with E-state index in [4.69, 9.17) is 9.99 Å². The Balaban J connectivity index is 0.000000378. The highest BCUT2D eigenvalue weighted by Gasteiger charge is 2.26. The highest BCUT2D eigenvalue weighted by atomic mass is 32.2. The van der Waals surface area contributed by atoms with Crippen molar-refractivity contribution in [3.8, 4) is 5.75 Å². The number of fused-ring (bicyclic) bond motifs is 3. The van der Waals surface area contributed by atoms with Crippen molar-refractivity contribution >= 4 is 67.5 Å². The summed E-state index contributed by atoms with van der Waals surface area (Å²) in [6, 6.07) is 15.1. The van der Waals surface area contributed by atoms with Crippen LogP contribution in [0.25, 0.3) is 22.1 Å². The Kier molecular flexibility index (Phi) is 30.6. The number of pyridine rings is 1. The van der Waals surface area contributed by atoms with E-state index in [1.54, 1.807) is 48.5 Å². The molecule has 3 aromatic carbocycles. The predicted molar refractivity (Wildman–Crippen MR) is 312 cm³/mol. The summed E-state index contributed by atoms with van der Waals surface area (Å²) in [5, 5.41) is 37.6. The van der Waals surface area contributed by atoms with Crippen molar-refractivity contribution in [2.45, 2.75) is 175 Å². The third kappa shape index (κ3) is 20.7. The van der Waals surface area contributed by atoms with Crippen LogP contribution >= 0.6 is 12.0 Å². The number of azo groups is 2. The first kappa shape index (κ1) is 66.3. The van der Waals surface area contributed by atoms with Gasteiger partial charge < -0.3 is 23.7 Å². The molecule has 0 amide bonds. The zero-order valence-corrected chi connectivity index (χ0v) is 49.5. The van der Waals surface area contributed by atoms with Gasteiger partial charge in [0.15, 0.2) is 11.3 Å². The van der Waals surface area contributed by atoms with E-state index in [1.165, 1.54) is 182 Å². The molecule has 0 fully saturated rings. The Bertz CT molecular complexity index is 2730. The largest absolute Gasteiger partial charge is 0.763 e. The van der Waals surface area contributed by atoms with Gasteiger partial charge in [-0.3, -0.25) is 15.1 Å². The molecule has 19 heteroatoms. The molecule has 0 saturated heterocycles. The predicted octanol–water partition coefficient (Wildman–Crippen LogP) is 15.0. The number of ether oxygens (including phenoxy) is 1. The number of nitrogens with zero attached hydrogens (tertiary/aromatic N) is 9. The average Bonchev–Trinajstić information content (AvgIpc) is 3.83. The lowest BCUT2D eigenvalue weighted by molar-refractivity contribution is -0.929. The fourth-order valence-corrected chi connectivity index (χ4v) is 10.4. The summed E-state index contributed by atoms with van der Waals surface area (Å²) >= 11 is 0.739. The second kappa shape index (κ2) is 35.5. The summed E-state index contributed by atoms with van der Waals surface area (Å²) in [5.74, 6) is 2.03. The molecule has 0 atom stereocenters. The smallest absolute Gasteiger partial charge is 0.284 e. The minimum absolute atomic E-state index is 0.00129. The summed E-state index contributed by atoms with van der Waals surface area (Å²) in [4.78, 5) is 17.6. The van der Waals surface area contributed by atoms with Gasteiger partial charge in [-0.15, -0.1) is 19.7 Å². The van der Waals surface area contributed by atoms with Gasteiger partial charge in [0.2, 0.25) is 0 Å². The maximum Gasteiger partial charge on any atom is 0.284 e. The Hall–Kier alpha value is -4.95. The molecule has 0 aliphatic carbocycles. The van der Waals surface area contributed by atoms with Crippen molar-refractivity contribution in [3.63, 3.8) is 0 Å². The average molecular weight is 1100 g/mol. The van der Waals surface area contributed by atoms with Gasteiger partial charge in [-0.05, 0) is 106 Å². The first-order chi connectivity index (χ1) is 37.1. The molecule has 0 aliphatic rings. The van der Waals surface area contributed by atoms with Gasteiger partial charge in [0.1, 0.15) is 27.2 Å². The van der Waals surface area contributed by atoms with Gasteiger partial charge >= 0.3 is 0 Å². The van der Waals surface area contributed by atoms with Crippen LogP contribution in [0.5, 0.6) is 5.75 Å². The molecule has 0 spiro atoms. The molecule has 2 heterocycles. The van der Waals surface area contributed by atoms with E-state index in [-0.39, 0.29) is 33.6 Å². The lowest BCUT2D eigenvalue weighted by Gasteiger charge is -2.39. The van der Waals surface area contributed by atoms with Crippen LogP contribution in [0.1, 0.15) is 164 Å². The van der Waals surface area contributed by atoms with Gasteiger partial charge in [0, 0.05) is 16.2 Å². The molecule has 1 N–H and O–H groups in total. The van der Waals surface area contributed by atoms with Crippen LogP contribution in [0.3, 0.4) is 0 Å². The number of unbranched alkanes of at least 4 members (excludes halogenated alkanes) is 8. The molecule has 2 aromatic heterocycles. The Morgan fingerprint density at radius 2 is 1.13 bits per heavy atom. The SMILES string of the molecule is CCCC[N+](CCCC)(CCCC)CCCC.CCCC[N+](CCCC)(CCCC)CCCC.COc1cc(N=Nc2c(C)c(=C=[N-])c3nc4ccccc4n3c2=O)c(S(=O)(=O)[O-])cc1N=Nc1ccc(SOOO)cc1. The summed E-state index contributed by atoms with van der Waals surface area (Å²) in [6.07, 6.45) is 22.1. The van der Waals surface area contributed by atoms with Gasteiger partial charge in [-0.25, -0.2) is 18.7 Å². The maximum atomic E-state index is 13.5. The van der Waals surface area contributed by atoms with E-state index in [0.29, 0.717) is 21.6 Å². The highest BCUT2D eigenvalue weighted by Crippen LogP contribution is 2.39. The quantitative estimate of drug-likeness (QED) is 0.00798. The third-order valence-corrected chi connectivity index (χ3v) is 15.4. The van der Waals surface area contributed by atoms with E-state index in [1.807, 2.05) is 5.87 Å². The van der Waals surface area contributed by atoms with Crippen LogP contribution < -0.4 is 15.5 Å². The van der Waals surface area contributed by atoms with Crippen molar-refractivity contribution in [2.24, 2.45) is 20.5 Å². The lowest BCUT2D eigenvalue weighted by atomic mass is 10.1. The molecule has 0 unspecified atom stereocenters. The highest BCUT2D eigenvalue weighted by molar-refractivity contribution is 7.94. The molecular weight excluding hydrogens is 1010 g/mol. The van der Waals surface area contributed by atoms with Crippen LogP contribution in [0.15, 0.2) is 95.7 Å². The van der Waals surface area contributed by atoms with Crippen molar-refractivity contribution in [2.75, 3.05) is 59.5 Å². The first-order valence-electron chi connectivity index (χ1n) is 28.1. The zero-order chi connectivity index (χ0) is 56.7. The molecule has 0 saturated carbocycles. The van der Waals surface area contributed by atoms with Crippen LogP contribution in [0.2, 0.25) is 0 Å². The number of aromatic nitrogens is 2. The molecule has 0 aliphatic heterocycles. The van der Waals surface area contributed by atoms with E-state index in [0.717, 1.165) is 24.2 Å². The van der Waals surface area contributed by atoms with Gasteiger partial charge in [-0.1, -0.05) is 124 Å². The summed E-state index contributed by atoms with van der Waals surface area (Å²) < 4.78 is 50.3. The van der Waals surface area contributed by atoms with Crippen molar-refractivity contribution in [1.82, 2.24) is 9.38 Å². The van der Waals surface area contributed by atoms with Crippen LogP contribution in [0, 0.1) is 6.92 Å². The Labute approximate surface area is 463 Å². The van der Waals surface area contributed by atoms with E-state index < -0.39 is 26.3 Å². The topological polar surface area (TPSA) is 211 Å². The lowest BCUT2D eigenvalue weighted by Crippen LogP contribution is -2.50. The molecular formula is C58H89N9O8S2. The number of hydrogen-bond acceptors (Lipinski definition) is 14. The standard InChI is InChI=1S/C26H18N7O8S2.2C16H36N/c1-14-17(13-27)25-28-18-5-3-4-6-21(18)33(25)26(34)24(14)32-31-20-11-22(39-2)19(12-23(20)43(36,37)38)30-29-15-7-9-16(10-8-15)42-41-40-35;2*1-5-9-13-17(14-10-6-2,15-11-7-3)16-12-8-4/h3-12,35H,1-2H3,(H,36,37,38);2*5-16H2,1-4H3/q-1;2*+1/p-1. The normalized spacial score (nSPS) is 12.1. The van der Waals surface area contributed by atoms with Crippen LogP contribution in [-0.4, -0.2) is 102 Å². The van der Waals surface area contributed by atoms with Gasteiger partial charge in [0.25, 0.3) is 5.56 Å². The van der Waals surface area contributed by atoms with Gasteiger partial charge in [-0.2, -0.15) is 5.11 Å². The fourth-order valence-electron chi connectivity index (χ4n) is 9.39. The molecule has 77 heavy (non-hydrogen) atoms. The van der Waals surface area contributed by atoms with Crippen molar-refractivity contribution in [1.29, 1.82) is 0 Å². The first-order valence-corrected chi connectivity index (χ1v) is 30.3. The monoisotopic (exact) mass is 1100 g/mol. The number of methoxy groups -OCH3 is 1. The minimum Gasteiger partial charge on any atom is -0.763 e. The summed E-state index contributed by atoms with van der Waals surface area (Å²) in [7, 11) is -3.84. The van der Waals surface area contributed by atoms with E-state index in [9.17, 15) is 23.2 Å². The number of hydrogen-bond donors (Lipinski definition) is 1. The third-order valence-electron chi connectivity index (χ3n) is 14.0. The van der Waals surface area contributed by atoms with Crippen LogP contribution in [-0.2, 0) is 19.5 Å². The molecule has 0 radical (unpaired) electrons. The number of quaternary nitrogens is 2. The minimum atomic E-state index is -5.13. The molecule has 5 rings (SSSR count). The van der Waals surface area contributed by atoms with Crippen molar-refractivity contribution in [3.05, 3.63) is 87.2 Å². The fraction of sp³-hybridized carbons (Fsp3) is 0.586. The number of benzene rings is 3. The number of para-hydroxylation sites is 2. The molecule has 426 valence electrons. The van der Waals surface area contributed by atoms with E-state index >= 15 is 0 Å². The maximum absolute atomic E-state index is 13.5. The van der Waals surface area contributed by atoms with E-state index in [2.05, 4.69) is 90.2 Å². The van der Waals surface area contributed by atoms with Gasteiger partial charge in [0.05, 0.1) is 93.1 Å². The molecule has 0 bridgehead atoms. The number of imidazole rings is 1. The van der Waals surface area contributed by atoms with Crippen molar-refractivity contribution < 1.29 is 41.3 Å². The zero-order valence-electron chi connectivity index (χ0n) is 47.9. The van der Waals surface area contributed by atoms with Crippen LogP contribution in [0.4, 0.5) is 22.7 Å². The Morgan fingerprint density at radius 3 is 1.55 bits per heavy atom.